The summed E-state index contributed by atoms with van der Waals surface area (Å²) in [6, 6.07) is 14.6. The molecule has 0 bridgehead atoms. The molecule has 16 nitrogen and oxygen atoms in total. The first-order chi connectivity index (χ1) is 26.7. The number of benzene rings is 3. The molecule has 2 aliphatic heterocycles. The Kier molecular flexibility index (Phi) is 11.9. The predicted molar refractivity (Wildman–Crippen MR) is 210 cm³/mol. The third kappa shape index (κ3) is 8.45. The molecule has 3 aromatic carbocycles. The number of piperazine rings is 1. The Morgan fingerprint density at radius 2 is 1.64 bits per heavy atom. The Labute approximate surface area is 324 Å². The third-order valence-corrected chi connectivity index (χ3v) is 10.4. The Hall–Kier alpha value is -6.00. The van der Waals surface area contributed by atoms with Crippen LogP contribution in [0.5, 0.6) is 11.5 Å². The van der Waals surface area contributed by atoms with Gasteiger partial charge >= 0.3 is 11.7 Å². The Morgan fingerprint density at radius 3 is 2.30 bits per heavy atom. The molecule has 1 saturated heterocycles. The number of aromatic nitrogens is 3. The van der Waals surface area contributed by atoms with Crippen LogP contribution < -0.4 is 16.3 Å². The van der Waals surface area contributed by atoms with Crippen LogP contribution in [0.2, 0.25) is 0 Å². The van der Waals surface area contributed by atoms with Crippen LogP contribution in [0.1, 0.15) is 67.1 Å². The zero-order valence-corrected chi connectivity index (χ0v) is 32.3. The molecular weight excluding hydrogens is 718 g/mol. The second-order valence-electron chi connectivity index (χ2n) is 14.6. The standard InChI is InChI=1S/C40H49N9O7/c1-6-33(37(53)41-25(4)50)48-23-31-28(38(48)54)8-7-9-32(31)42-39(55)45(5)14-15-46-16-18-47(19-17-46)22-26-10-12-27(13-11-26)49-36(43-44-40(49)56)30-20-29(24(2)3)34(51)21-35(30)52/h7-13,20-21,24,33,51-52H,6,14-19,22-23H2,1-5H3,(H,42,55)(H,44,56)(H,41,50,53). The molecule has 1 unspecified atom stereocenters. The van der Waals surface area contributed by atoms with Gasteiger partial charge in [0.2, 0.25) is 11.8 Å². The minimum absolute atomic E-state index is 0.00806. The average Bonchev–Trinajstić information content (AvgIpc) is 3.71. The minimum atomic E-state index is -0.812. The van der Waals surface area contributed by atoms with Gasteiger partial charge < -0.3 is 25.3 Å². The maximum atomic E-state index is 13.2. The molecule has 0 saturated carbocycles. The van der Waals surface area contributed by atoms with Crippen molar-refractivity contribution >= 4 is 29.4 Å². The summed E-state index contributed by atoms with van der Waals surface area (Å²) >= 11 is 0. The molecule has 0 aliphatic carbocycles. The monoisotopic (exact) mass is 767 g/mol. The molecule has 6 rings (SSSR count). The number of phenols is 2. The van der Waals surface area contributed by atoms with E-state index in [1.807, 2.05) is 38.1 Å². The van der Waals surface area contributed by atoms with Gasteiger partial charge in [-0.2, -0.15) is 5.10 Å². The Bertz CT molecular complexity index is 2170. The van der Waals surface area contributed by atoms with Crippen molar-refractivity contribution in [3.8, 4) is 28.6 Å². The van der Waals surface area contributed by atoms with E-state index in [0.29, 0.717) is 53.1 Å². The molecule has 16 heteroatoms. The van der Waals surface area contributed by atoms with Gasteiger partial charge in [0.15, 0.2) is 5.82 Å². The first-order valence-electron chi connectivity index (χ1n) is 18.8. The number of aromatic hydroxyl groups is 2. The lowest BCUT2D eigenvalue weighted by atomic mass is 9.98. The maximum Gasteiger partial charge on any atom is 0.348 e. The fourth-order valence-corrected chi connectivity index (χ4v) is 7.26. The summed E-state index contributed by atoms with van der Waals surface area (Å²) in [6.07, 6.45) is 0.331. The summed E-state index contributed by atoms with van der Waals surface area (Å²) in [7, 11) is 1.73. The zero-order valence-electron chi connectivity index (χ0n) is 32.3. The van der Waals surface area contributed by atoms with Crippen molar-refractivity contribution in [2.45, 2.75) is 59.2 Å². The van der Waals surface area contributed by atoms with Crippen LogP contribution in [-0.2, 0) is 22.7 Å². The Morgan fingerprint density at radius 1 is 0.946 bits per heavy atom. The van der Waals surface area contributed by atoms with E-state index < -0.39 is 23.5 Å². The highest BCUT2D eigenvalue weighted by Gasteiger charge is 2.37. The number of carbonyl (C=O) groups excluding carboxylic acids is 4. The number of urea groups is 1. The number of hydrogen-bond donors (Lipinski definition) is 5. The number of rotatable bonds is 12. The molecule has 0 radical (unpaired) electrons. The number of imide groups is 1. The number of H-pyrrole nitrogens is 1. The zero-order chi connectivity index (χ0) is 40.3. The van der Waals surface area contributed by atoms with Crippen molar-refractivity contribution in [3.05, 3.63) is 87.3 Å². The Balaban J connectivity index is 0.994. The molecule has 56 heavy (non-hydrogen) atoms. The largest absolute Gasteiger partial charge is 0.508 e. The molecular formula is C40H49N9O7. The van der Waals surface area contributed by atoms with Crippen molar-refractivity contribution < 1.29 is 29.4 Å². The van der Waals surface area contributed by atoms with Gasteiger partial charge in [0.25, 0.3) is 5.91 Å². The van der Waals surface area contributed by atoms with Crippen LogP contribution in [0.4, 0.5) is 10.5 Å². The number of phenolic OH excluding ortho intramolecular Hbond substituents is 2. The van der Waals surface area contributed by atoms with E-state index in [4.69, 9.17) is 0 Å². The number of nitrogens with one attached hydrogen (secondary N) is 3. The van der Waals surface area contributed by atoms with E-state index in [1.54, 1.807) is 43.1 Å². The first kappa shape index (κ1) is 39.7. The van der Waals surface area contributed by atoms with Gasteiger partial charge in [-0.05, 0) is 53.8 Å². The fourth-order valence-electron chi connectivity index (χ4n) is 7.26. The number of fused-ring (bicyclic) bond motifs is 1. The average molecular weight is 768 g/mol. The number of carbonyl (C=O) groups is 4. The van der Waals surface area contributed by atoms with Crippen molar-refractivity contribution in [1.29, 1.82) is 0 Å². The van der Waals surface area contributed by atoms with Crippen molar-refractivity contribution in [1.82, 2.24) is 39.7 Å². The molecule has 3 heterocycles. The summed E-state index contributed by atoms with van der Waals surface area (Å²) in [4.78, 5) is 71.1. The molecule has 1 fully saturated rings. The normalized spacial score (nSPS) is 15.2. The highest BCUT2D eigenvalue weighted by atomic mass is 16.3. The van der Waals surface area contributed by atoms with E-state index in [-0.39, 0.29) is 41.7 Å². The van der Waals surface area contributed by atoms with Crippen LogP contribution in [0.25, 0.3) is 17.1 Å². The number of anilines is 1. The van der Waals surface area contributed by atoms with Gasteiger partial charge in [0.1, 0.15) is 17.5 Å². The summed E-state index contributed by atoms with van der Waals surface area (Å²) in [6.45, 7) is 12.3. The number of hydrogen-bond acceptors (Lipinski definition) is 10. The molecule has 1 aromatic heterocycles. The highest BCUT2D eigenvalue weighted by Crippen LogP contribution is 2.37. The second kappa shape index (κ2) is 16.8. The van der Waals surface area contributed by atoms with E-state index in [0.717, 1.165) is 38.3 Å². The minimum Gasteiger partial charge on any atom is -0.508 e. The van der Waals surface area contributed by atoms with E-state index in [1.165, 1.54) is 22.5 Å². The van der Waals surface area contributed by atoms with Crippen LogP contribution in [-0.4, -0.2) is 121 Å². The molecule has 1 atom stereocenters. The second-order valence-corrected chi connectivity index (χ2v) is 14.6. The maximum absolute atomic E-state index is 13.2. The lowest BCUT2D eigenvalue weighted by molar-refractivity contribution is -0.132. The van der Waals surface area contributed by atoms with Crippen LogP contribution >= 0.6 is 0 Å². The molecule has 5 N–H and O–H groups in total. The quantitative estimate of drug-likeness (QED) is 0.143. The van der Waals surface area contributed by atoms with Gasteiger partial charge in [-0.25, -0.2) is 19.3 Å². The summed E-state index contributed by atoms with van der Waals surface area (Å²) < 4.78 is 1.40. The number of aromatic amines is 1. The van der Waals surface area contributed by atoms with Gasteiger partial charge in [-0.3, -0.25) is 29.5 Å². The van der Waals surface area contributed by atoms with E-state index in [9.17, 15) is 34.2 Å². The van der Waals surface area contributed by atoms with Gasteiger partial charge in [-0.15, -0.1) is 0 Å². The molecule has 4 aromatic rings. The number of nitrogens with zero attached hydrogens (tertiary/aromatic N) is 6. The number of likely N-dealkylation sites (N-methyl/N-ethyl adjacent to an activating group) is 1. The molecule has 5 amide bonds. The topological polar surface area (TPSA) is 196 Å². The van der Waals surface area contributed by atoms with Gasteiger partial charge in [-0.1, -0.05) is 39.0 Å². The van der Waals surface area contributed by atoms with Crippen LogP contribution in [0, 0.1) is 0 Å². The molecule has 2 aliphatic rings. The van der Waals surface area contributed by atoms with Crippen LogP contribution in [0.3, 0.4) is 0 Å². The SMILES string of the molecule is CCC(C(=O)NC(C)=O)N1Cc2c(NC(=O)N(C)CCN3CCN(Cc4ccc(-n5c(-c6cc(C(C)C)c(O)cc6O)n[nH]c5=O)cc4)CC3)cccc2C1=O. The third-order valence-electron chi connectivity index (χ3n) is 10.4. The van der Waals surface area contributed by atoms with Crippen LogP contribution in [0.15, 0.2) is 59.4 Å². The summed E-state index contributed by atoms with van der Waals surface area (Å²) in [5.41, 5.74) is 3.75. The predicted octanol–water partition coefficient (Wildman–Crippen LogP) is 3.44. The molecule has 296 valence electrons. The van der Waals surface area contributed by atoms with E-state index >= 15 is 0 Å². The molecule has 0 spiro atoms. The summed E-state index contributed by atoms with van der Waals surface area (Å²) in [5.74, 6) is -1.30. The first-order valence-corrected chi connectivity index (χ1v) is 18.8. The fraction of sp³-hybridized carbons (Fsp3) is 0.400. The smallest absolute Gasteiger partial charge is 0.348 e. The number of amides is 5. The lowest BCUT2D eigenvalue weighted by Gasteiger charge is -2.35. The van der Waals surface area contributed by atoms with Gasteiger partial charge in [0, 0.05) is 89.2 Å². The lowest BCUT2D eigenvalue weighted by Crippen LogP contribution is -2.48. The van der Waals surface area contributed by atoms with Crippen molar-refractivity contribution in [3.63, 3.8) is 0 Å². The van der Waals surface area contributed by atoms with E-state index in [2.05, 4.69) is 30.6 Å². The van der Waals surface area contributed by atoms with Gasteiger partial charge in [0.05, 0.1) is 11.3 Å². The van der Waals surface area contributed by atoms with Crippen molar-refractivity contribution in [2.24, 2.45) is 0 Å². The van der Waals surface area contributed by atoms with Crippen molar-refractivity contribution in [2.75, 3.05) is 51.6 Å². The summed E-state index contributed by atoms with van der Waals surface area (Å²) in [5, 5.41) is 32.8. The highest BCUT2D eigenvalue weighted by molar-refractivity contribution is 6.05.